The molecule has 0 spiro atoms. The van der Waals surface area contributed by atoms with Crippen molar-refractivity contribution in [3.63, 3.8) is 0 Å². The predicted molar refractivity (Wildman–Crippen MR) is 93.0 cm³/mol. The molecule has 25 heavy (non-hydrogen) atoms. The van der Waals surface area contributed by atoms with Crippen LogP contribution in [0, 0.1) is 5.92 Å². The van der Waals surface area contributed by atoms with E-state index in [1.54, 1.807) is 45.0 Å². The highest BCUT2D eigenvalue weighted by molar-refractivity contribution is 5.71. The minimum absolute atomic E-state index is 0.168. The van der Waals surface area contributed by atoms with Gasteiger partial charge in [0.1, 0.15) is 18.0 Å². The van der Waals surface area contributed by atoms with Gasteiger partial charge in [0.05, 0.1) is 12.5 Å². The fourth-order valence-electron chi connectivity index (χ4n) is 2.11. The minimum Gasteiger partial charge on any atom is -0.508 e. The fourth-order valence-corrected chi connectivity index (χ4v) is 2.11. The van der Waals surface area contributed by atoms with Gasteiger partial charge in [0.15, 0.2) is 0 Å². The van der Waals surface area contributed by atoms with Gasteiger partial charge in [-0.2, -0.15) is 0 Å². The van der Waals surface area contributed by atoms with Crippen LogP contribution in [0.5, 0.6) is 5.75 Å². The Morgan fingerprint density at radius 3 is 2.52 bits per heavy atom. The highest BCUT2D eigenvalue weighted by Crippen LogP contribution is 2.13. The number of hydrogen-bond acceptors (Lipinski definition) is 6. The van der Waals surface area contributed by atoms with E-state index in [1.807, 2.05) is 6.07 Å². The molecule has 0 bridgehead atoms. The zero-order valence-electron chi connectivity index (χ0n) is 15.1. The van der Waals surface area contributed by atoms with E-state index >= 15 is 0 Å². The lowest BCUT2D eigenvalue weighted by Gasteiger charge is -2.23. The van der Waals surface area contributed by atoms with Crippen molar-refractivity contribution >= 4 is 11.9 Å². The highest BCUT2D eigenvalue weighted by atomic mass is 16.6. The summed E-state index contributed by atoms with van der Waals surface area (Å²) in [5.41, 5.74) is 0. The summed E-state index contributed by atoms with van der Waals surface area (Å²) in [7, 11) is 0. The molecule has 0 aliphatic carbocycles. The zero-order valence-corrected chi connectivity index (χ0v) is 15.1. The molecule has 1 saturated heterocycles. The molecule has 1 aromatic rings. The van der Waals surface area contributed by atoms with Gasteiger partial charge in [-0.25, -0.2) is 0 Å². The lowest BCUT2D eigenvalue weighted by molar-refractivity contribution is -0.162. The van der Waals surface area contributed by atoms with Crippen molar-refractivity contribution in [2.75, 3.05) is 13.2 Å². The van der Waals surface area contributed by atoms with Crippen molar-refractivity contribution in [2.24, 2.45) is 5.92 Å². The van der Waals surface area contributed by atoms with Crippen molar-refractivity contribution < 1.29 is 28.9 Å². The Bertz CT molecular complexity index is 514. The number of carbonyl (C=O) groups is 2. The van der Waals surface area contributed by atoms with E-state index in [0.29, 0.717) is 38.2 Å². The number of phenols is 1. The predicted octanol–water partition coefficient (Wildman–Crippen LogP) is 3.08. The SMILES string of the molecule is CC1CC(OC(=O)C(C)C)COCCCC(=O)O1.Oc1ccccc1. The van der Waals surface area contributed by atoms with Gasteiger partial charge >= 0.3 is 11.9 Å². The summed E-state index contributed by atoms with van der Waals surface area (Å²) in [4.78, 5) is 22.9. The van der Waals surface area contributed by atoms with Crippen LogP contribution in [0.4, 0.5) is 0 Å². The van der Waals surface area contributed by atoms with Gasteiger partial charge in [-0.1, -0.05) is 32.0 Å². The molecule has 0 radical (unpaired) electrons. The number of esters is 2. The van der Waals surface area contributed by atoms with Crippen LogP contribution in [0.1, 0.15) is 40.0 Å². The topological polar surface area (TPSA) is 82.1 Å². The Balaban J connectivity index is 0.000000370. The van der Waals surface area contributed by atoms with Gasteiger partial charge in [0.2, 0.25) is 0 Å². The van der Waals surface area contributed by atoms with E-state index in [9.17, 15) is 9.59 Å². The third kappa shape index (κ3) is 9.72. The molecule has 6 heteroatoms. The average Bonchev–Trinajstić information content (AvgIpc) is 2.55. The molecule has 2 atom stereocenters. The second-order valence-electron chi connectivity index (χ2n) is 6.26. The molecule has 1 heterocycles. The molecule has 1 fully saturated rings. The number of ether oxygens (including phenoxy) is 3. The molecule has 6 nitrogen and oxygen atoms in total. The molecule has 1 aliphatic rings. The zero-order chi connectivity index (χ0) is 18.7. The van der Waals surface area contributed by atoms with Crippen LogP contribution in [-0.2, 0) is 23.8 Å². The summed E-state index contributed by atoms with van der Waals surface area (Å²) in [6, 6.07) is 8.71. The number of hydrogen-bond donors (Lipinski definition) is 1. The maximum atomic E-state index is 11.5. The lowest BCUT2D eigenvalue weighted by atomic mass is 10.1. The number of cyclic esters (lactones) is 1. The lowest BCUT2D eigenvalue weighted by Crippen LogP contribution is -2.31. The van der Waals surface area contributed by atoms with Crippen molar-refractivity contribution in [2.45, 2.75) is 52.2 Å². The van der Waals surface area contributed by atoms with E-state index in [2.05, 4.69) is 0 Å². The number of para-hydroxylation sites is 1. The van der Waals surface area contributed by atoms with Crippen LogP contribution >= 0.6 is 0 Å². The molecule has 2 rings (SSSR count). The standard InChI is InChI=1S/C13H22O5.C6H6O/c1-9(2)13(15)18-11-7-10(3)17-12(14)5-4-6-16-8-11;7-6-4-2-1-3-5-6/h9-11H,4-8H2,1-3H3;1-5,7H. The van der Waals surface area contributed by atoms with Crippen LogP contribution in [0.2, 0.25) is 0 Å². The second-order valence-corrected chi connectivity index (χ2v) is 6.26. The van der Waals surface area contributed by atoms with Crippen molar-refractivity contribution in [3.05, 3.63) is 30.3 Å². The highest BCUT2D eigenvalue weighted by Gasteiger charge is 2.22. The normalized spacial score (nSPS) is 21.5. The largest absolute Gasteiger partial charge is 0.508 e. The van der Waals surface area contributed by atoms with Gasteiger partial charge < -0.3 is 19.3 Å². The number of aromatic hydroxyl groups is 1. The van der Waals surface area contributed by atoms with Crippen LogP contribution < -0.4 is 0 Å². The van der Waals surface area contributed by atoms with Crippen LogP contribution in [-0.4, -0.2) is 42.5 Å². The summed E-state index contributed by atoms with van der Waals surface area (Å²) in [5, 5.41) is 8.63. The molecule has 1 aliphatic heterocycles. The van der Waals surface area contributed by atoms with Crippen molar-refractivity contribution in [1.82, 2.24) is 0 Å². The molecule has 2 unspecified atom stereocenters. The van der Waals surface area contributed by atoms with E-state index in [1.165, 1.54) is 0 Å². The molecular weight excluding hydrogens is 324 g/mol. The Hall–Kier alpha value is -2.08. The number of phenolic OH excluding ortho intramolecular Hbond substituents is 1. The maximum Gasteiger partial charge on any atom is 0.308 e. The molecule has 0 aromatic heterocycles. The molecule has 1 N–H and O–H groups in total. The molecule has 1 aromatic carbocycles. The summed E-state index contributed by atoms with van der Waals surface area (Å²) >= 11 is 0. The fraction of sp³-hybridized carbons (Fsp3) is 0.579. The Labute approximate surface area is 149 Å². The van der Waals surface area contributed by atoms with Crippen LogP contribution in [0.3, 0.4) is 0 Å². The van der Waals surface area contributed by atoms with E-state index in [-0.39, 0.29) is 30.1 Å². The third-order valence-corrected chi connectivity index (χ3v) is 3.41. The van der Waals surface area contributed by atoms with Crippen LogP contribution in [0.25, 0.3) is 0 Å². The van der Waals surface area contributed by atoms with Gasteiger partial charge in [-0.15, -0.1) is 0 Å². The Morgan fingerprint density at radius 1 is 1.28 bits per heavy atom. The first-order chi connectivity index (χ1) is 11.9. The van der Waals surface area contributed by atoms with Gasteiger partial charge in [0.25, 0.3) is 0 Å². The second kappa shape index (κ2) is 11.5. The molecular formula is C19H28O6. The number of benzene rings is 1. The Kier molecular flexibility index (Phi) is 9.62. The summed E-state index contributed by atoms with van der Waals surface area (Å²) in [5.74, 6) is -0.318. The summed E-state index contributed by atoms with van der Waals surface area (Å²) in [6.45, 7) is 6.22. The van der Waals surface area contributed by atoms with Crippen molar-refractivity contribution in [3.8, 4) is 5.75 Å². The minimum atomic E-state index is -0.346. The summed E-state index contributed by atoms with van der Waals surface area (Å²) in [6.07, 6.45) is 0.881. The first kappa shape index (κ1) is 21.0. The molecule has 140 valence electrons. The van der Waals surface area contributed by atoms with E-state index in [0.717, 1.165) is 0 Å². The molecule has 0 amide bonds. The monoisotopic (exact) mass is 352 g/mol. The van der Waals surface area contributed by atoms with Crippen LogP contribution in [0.15, 0.2) is 30.3 Å². The van der Waals surface area contributed by atoms with Gasteiger partial charge in [-0.05, 0) is 25.5 Å². The maximum absolute atomic E-state index is 11.5. The quantitative estimate of drug-likeness (QED) is 0.824. The van der Waals surface area contributed by atoms with Gasteiger partial charge in [0, 0.05) is 19.4 Å². The van der Waals surface area contributed by atoms with E-state index < -0.39 is 0 Å². The number of carbonyl (C=O) groups excluding carboxylic acids is 2. The van der Waals surface area contributed by atoms with Gasteiger partial charge in [-0.3, -0.25) is 9.59 Å². The Morgan fingerprint density at radius 2 is 1.96 bits per heavy atom. The smallest absolute Gasteiger partial charge is 0.308 e. The van der Waals surface area contributed by atoms with Crippen molar-refractivity contribution in [1.29, 1.82) is 0 Å². The third-order valence-electron chi connectivity index (χ3n) is 3.41. The number of rotatable bonds is 2. The first-order valence-electron chi connectivity index (χ1n) is 8.60. The molecule has 0 saturated carbocycles. The summed E-state index contributed by atoms with van der Waals surface area (Å²) < 4.78 is 16.0. The average molecular weight is 352 g/mol. The first-order valence-corrected chi connectivity index (χ1v) is 8.60. The van der Waals surface area contributed by atoms with E-state index in [4.69, 9.17) is 19.3 Å².